The molecule has 0 bridgehead atoms. The first-order chi connectivity index (χ1) is 17.4. The van der Waals surface area contributed by atoms with Crippen LogP contribution in [0.3, 0.4) is 0 Å². The number of benzene rings is 1. The minimum Gasteiger partial charge on any atom is -0.497 e. The minimum absolute atomic E-state index is 0.0828. The number of hydrogen-bond acceptors (Lipinski definition) is 11. The van der Waals surface area contributed by atoms with Gasteiger partial charge in [-0.25, -0.2) is 9.97 Å². The summed E-state index contributed by atoms with van der Waals surface area (Å²) < 4.78 is 7.83. The van der Waals surface area contributed by atoms with Gasteiger partial charge in [-0.15, -0.1) is 22.0 Å². The number of nitrogens with one attached hydrogen (secondary N) is 2. The van der Waals surface area contributed by atoms with Crippen LogP contribution < -0.4 is 15.4 Å². The monoisotopic (exact) mass is 559 g/mol. The van der Waals surface area contributed by atoms with Crippen LogP contribution in [0.5, 0.6) is 5.75 Å². The Kier molecular flexibility index (Phi) is 8.85. The van der Waals surface area contributed by atoms with E-state index in [0.717, 1.165) is 14.9 Å². The number of rotatable bonds is 10. The van der Waals surface area contributed by atoms with Gasteiger partial charge in [-0.3, -0.25) is 14.9 Å². The topological polar surface area (TPSA) is 124 Å². The molecule has 3 heterocycles. The lowest BCUT2D eigenvalue weighted by Crippen LogP contribution is -2.19. The van der Waals surface area contributed by atoms with E-state index < -0.39 is 0 Å². The SMILES string of the molecule is CNC(=O)CSc1cnc(NC(=O)c2nc(Sc3nncn3C)ccc2Sc2ccc(OC)cc2)s1. The molecule has 0 aliphatic rings. The standard InChI is InChI=1S/C22H21N7O3S4/c1-23-16(30)11-33-18-10-24-21(36-18)27-20(31)19-15(34-14-6-4-13(32-3)5-7-14)8-9-17(26-19)35-22-28-25-12-29(22)2/h4-10,12H,11H2,1-3H3,(H,23,30)(H,24,27,31). The van der Waals surface area contributed by atoms with Crippen molar-refractivity contribution in [2.75, 3.05) is 25.2 Å². The Bertz CT molecular complexity index is 1360. The fourth-order valence-corrected chi connectivity index (χ4v) is 6.08. The number of hydrogen-bond donors (Lipinski definition) is 2. The lowest BCUT2D eigenvalue weighted by atomic mass is 10.3. The molecule has 0 saturated heterocycles. The highest BCUT2D eigenvalue weighted by Gasteiger charge is 2.19. The van der Waals surface area contributed by atoms with Crippen LogP contribution in [0.1, 0.15) is 10.5 Å². The Balaban J connectivity index is 1.56. The number of thioether (sulfide) groups is 1. The first kappa shape index (κ1) is 26.0. The lowest BCUT2D eigenvalue weighted by Gasteiger charge is -2.10. The van der Waals surface area contributed by atoms with Crippen LogP contribution in [0.4, 0.5) is 5.13 Å². The van der Waals surface area contributed by atoms with E-state index in [1.807, 2.05) is 43.4 Å². The molecule has 36 heavy (non-hydrogen) atoms. The molecule has 0 aliphatic heterocycles. The predicted molar refractivity (Wildman–Crippen MR) is 141 cm³/mol. The van der Waals surface area contributed by atoms with Gasteiger partial charge in [0.05, 0.1) is 23.3 Å². The van der Waals surface area contributed by atoms with E-state index in [1.165, 1.54) is 46.6 Å². The molecular weight excluding hydrogens is 539 g/mol. The molecule has 3 aromatic heterocycles. The van der Waals surface area contributed by atoms with Gasteiger partial charge in [0.25, 0.3) is 5.91 Å². The van der Waals surface area contributed by atoms with Crippen molar-refractivity contribution >= 4 is 63.6 Å². The predicted octanol–water partition coefficient (Wildman–Crippen LogP) is 4.07. The first-order valence-corrected chi connectivity index (χ1v) is 13.8. The molecule has 4 rings (SSSR count). The first-order valence-electron chi connectivity index (χ1n) is 10.4. The van der Waals surface area contributed by atoms with Crippen molar-refractivity contribution in [3.63, 3.8) is 0 Å². The average molecular weight is 560 g/mol. The summed E-state index contributed by atoms with van der Waals surface area (Å²) in [5.74, 6) is 0.557. The average Bonchev–Trinajstić information content (AvgIpc) is 3.52. The Morgan fingerprint density at radius 3 is 2.64 bits per heavy atom. The molecule has 0 unspecified atom stereocenters. The van der Waals surface area contributed by atoms with E-state index in [9.17, 15) is 9.59 Å². The van der Waals surface area contributed by atoms with Crippen molar-refractivity contribution in [2.24, 2.45) is 7.05 Å². The molecule has 0 spiro atoms. The third kappa shape index (κ3) is 6.78. The van der Waals surface area contributed by atoms with Crippen molar-refractivity contribution in [1.82, 2.24) is 30.0 Å². The van der Waals surface area contributed by atoms with Crippen molar-refractivity contribution < 1.29 is 14.3 Å². The zero-order chi connectivity index (χ0) is 25.5. The molecule has 0 fully saturated rings. The molecule has 0 atom stereocenters. The number of aromatic nitrogens is 5. The number of carbonyl (C=O) groups is 2. The second kappa shape index (κ2) is 12.3. The smallest absolute Gasteiger partial charge is 0.277 e. The second-order valence-electron chi connectivity index (χ2n) is 7.00. The normalized spacial score (nSPS) is 10.8. The maximum Gasteiger partial charge on any atom is 0.277 e. The molecule has 14 heteroatoms. The van der Waals surface area contributed by atoms with Gasteiger partial charge in [0.2, 0.25) is 5.91 Å². The summed E-state index contributed by atoms with van der Waals surface area (Å²) in [4.78, 5) is 35.3. The van der Waals surface area contributed by atoms with E-state index in [-0.39, 0.29) is 23.3 Å². The number of ether oxygens (including phenoxy) is 1. The number of pyridine rings is 1. The molecule has 0 radical (unpaired) electrons. The van der Waals surface area contributed by atoms with Crippen molar-refractivity contribution in [2.45, 2.75) is 24.2 Å². The number of thiazole rings is 1. The van der Waals surface area contributed by atoms with Gasteiger partial charge in [-0.05, 0) is 48.2 Å². The van der Waals surface area contributed by atoms with Gasteiger partial charge in [0.1, 0.15) is 22.8 Å². The third-order valence-corrected chi connectivity index (χ3v) is 8.68. The van der Waals surface area contributed by atoms with E-state index >= 15 is 0 Å². The van der Waals surface area contributed by atoms with Crippen LogP contribution >= 0.6 is 46.6 Å². The number of anilines is 1. The number of aryl methyl sites for hydroxylation is 1. The quantitative estimate of drug-likeness (QED) is 0.275. The number of carbonyl (C=O) groups excluding carboxylic acids is 2. The number of nitrogens with zero attached hydrogens (tertiary/aromatic N) is 5. The van der Waals surface area contributed by atoms with E-state index in [1.54, 1.807) is 31.2 Å². The molecule has 0 saturated carbocycles. The molecule has 10 nitrogen and oxygen atoms in total. The Morgan fingerprint density at radius 1 is 1.14 bits per heavy atom. The summed E-state index contributed by atoms with van der Waals surface area (Å²) >= 11 is 5.39. The molecule has 4 aromatic rings. The summed E-state index contributed by atoms with van der Waals surface area (Å²) in [7, 11) is 5.04. The van der Waals surface area contributed by atoms with Gasteiger partial charge in [0.15, 0.2) is 10.3 Å². The van der Waals surface area contributed by atoms with Crippen molar-refractivity contribution in [3.05, 3.63) is 54.6 Å². The van der Waals surface area contributed by atoms with Gasteiger partial charge < -0.3 is 14.6 Å². The summed E-state index contributed by atoms with van der Waals surface area (Å²) in [5, 5.41) is 15.1. The van der Waals surface area contributed by atoms with Gasteiger partial charge in [-0.2, -0.15) is 0 Å². The second-order valence-corrected chi connectivity index (χ2v) is 11.4. The Hall–Kier alpha value is -3.07. The molecule has 1 aromatic carbocycles. The van der Waals surface area contributed by atoms with E-state index in [2.05, 4.69) is 30.8 Å². The summed E-state index contributed by atoms with van der Waals surface area (Å²) in [6, 6.07) is 11.3. The zero-order valence-electron chi connectivity index (χ0n) is 19.4. The van der Waals surface area contributed by atoms with Crippen molar-refractivity contribution in [1.29, 1.82) is 0 Å². The summed E-state index contributed by atoms with van der Waals surface area (Å²) in [6.07, 6.45) is 3.24. The molecular formula is C22H21N7O3S4. The fraction of sp³-hybridized carbons (Fsp3) is 0.182. The zero-order valence-corrected chi connectivity index (χ0v) is 22.7. The van der Waals surface area contributed by atoms with Gasteiger partial charge in [0, 0.05) is 23.9 Å². The van der Waals surface area contributed by atoms with Crippen molar-refractivity contribution in [3.8, 4) is 5.75 Å². The largest absolute Gasteiger partial charge is 0.497 e. The molecule has 2 amide bonds. The maximum atomic E-state index is 13.3. The lowest BCUT2D eigenvalue weighted by molar-refractivity contribution is -0.118. The molecule has 0 aliphatic carbocycles. The third-order valence-electron chi connectivity index (χ3n) is 4.53. The van der Waals surface area contributed by atoms with Gasteiger partial charge >= 0.3 is 0 Å². The van der Waals surface area contributed by atoms with Crippen LogP contribution in [0.2, 0.25) is 0 Å². The highest BCUT2D eigenvalue weighted by atomic mass is 32.2. The van der Waals surface area contributed by atoms with Crippen LogP contribution in [-0.2, 0) is 11.8 Å². The fourth-order valence-electron chi connectivity index (χ4n) is 2.71. The summed E-state index contributed by atoms with van der Waals surface area (Å²) in [6.45, 7) is 0. The van der Waals surface area contributed by atoms with Crippen LogP contribution in [0.15, 0.2) is 73.1 Å². The number of amides is 2. The maximum absolute atomic E-state index is 13.3. The molecule has 186 valence electrons. The van der Waals surface area contributed by atoms with E-state index in [4.69, 9.17) is 4.74 Å². The van der Waals surface area contributed by atoms with Crippen LogP contribution in [0, 0.1) is 0 Å². The summed E-state index contributed by atoms with van der Waals surface area (Å²) in [5.41, 5.74) is 0.262. The Labute approximate surface area is 224 Å². The Morgan fingerprint density at radius 2 is 1.94 bits per heavy atom. The minimum atomic E-state index is -0.386. The highest BCUT2D eigenvalue weighted by molar-refractivity contribution is 8.01. The molecule has 2 N–H and O–H groups in total. The number of methoxy groups -OCH3 is 1. The van der Waals surface area contributed by atoms with Crippen LogP contribution in [-0.4, -0.2) is 56.5 Å². The van der Waals surface area contributed by atoms with Gasteiger partial charge in [-0.1, -0.05) is 23.1 Å². The van der Waals surface area contributed by atoms with E-state index in [0.29, 0.717) is 20.2 Å². The van der Waals surface area contributed by atoms with Crippen LogP contribution in [0.25, 0.3) is 0 Å². The highest BCUT2D eigenvalue weighted by Crippen LogP contribution is 2.34.